The van der Waals surface area contributed by atoms with E-state index in [0.29, 0.717) is 12.2 Å². The largest absolute Gasteiger partial charge is 0.501 e. The molecule has 1 fully saturated rings. The number of nitrogens with zero attached hydrogens (tertiary/aromatic N) is 1. The fourth-order valence-corrected chi connectivity index (χ4v) is 3.09. The first kappa shape index (κ1) is 16.1. The Bertz CT molecular complexity index is 609. The van der Waals surface area contributed by atoms with Crippen LogP contribution in [-0.4, -0.2) is 39.1 Å². The molecule has 0 aromatic heterocycles. The van der Waals surface area contributed by atoms with Gasteiger partial charge in [-0.05, 0) is 38.1 Å². The van der Waals surface area contributed by atoms with Gasteiger partial charge in [0.05, 0.1) is 4.90 Å². The van der Waals surface area contributed by atoms with E-state index >= 15 is 0 Å². The zero-order valence-corrected chi connectivity index (χ0v) is 12.6. The number of sulfone groups is 1. The van der Waals surface area contributed by atoms with E-state index in [0.717, 1.165) is 25.2 Å². The molecule has 0 bridgehead atoms. The van der Waals surface area contributed by atoms with Gasteiger partial charge >= 0.3 is 5.51 Å². The second-order valence-electron chi connectivity index (χ2n) is 5.68. The van der Waals surface area contributed by atoms with Gasteiger partial charge in [-0.25, -0.2) is 8.42 Å². The van der Waals surface area contributed by atoms with Crippen LogP contribution in [0, 0.1) is 0 Å². The van der Waals surface area contributed by atoms with Gasteiger partial charge in [-0.3, -0.25) is 0 Å². The van der Waals surface area contributed by atoms with Gasteiger partial charge in [0.25, 0.3) is 9.84 Å². The number of alkyl halides is 3. The lowest BCUT2D eigenvalue weighted by atomic mass is 10.0. The van der Waals surface area contributed by atoms with Crippen molar-refractivity contribution in [2.75, 3.05) is 24.5 Å². The van der Waals surface area contributed by atoms with Crippen LogP contribution in [-0.2, 0) is 9.84 Å². The Morgan fingerprint density at radius 3 is 2.24 bits per heavy atom. The smallest absolute Gasteiger partial charge is 0.368 e. The third-order valence-corrected chi connectivity index (χ3v) is 4.89. The van der Waals surface area contributed by atoms with Gasteiger partial charge < -0.3 is 10.2 Å². The number of anilines is 1. The van der Waals surface area contributed by atoms with Gasteiger partial charge in [-0.1, -0.05) is 0 Å². The van der Waals surface area contributed by atoms with Crippen LogP contribution in [0.5, 0.6) is 0 Å². The Morgan fingerprint density at radius 1 is 1.19 bits per heavy atom. The van der Waals surface area contributed by atoms with Crippen LogP contribution >= 0.6 is 0 Å². The predicted octanol–water partition coefficient (Wildman–Crippen LogP) is 2.17. The number of hydrogen-bond donors (Lipinski definition) is 1. The Hall–Kier alpha value is -1.28. The summed E-state index contributed by atoms with van der Waals surface area (Å²) < 4.78 is 60.0. The molecule has 1 N–H and O–H groups in total. The average molecular weight is 322 g/mol. The van der Waals surface area contributed by atoms with Crippen LogP contribution in [0.3, 0.4) is 0 Å². The van der Waals surface area contributed by atoms with E-state index in [-0.39, 0.29) is 5.54 Å². The fourth-order valence-electron chi connectivity index (χ4n) is 2.33. The second kappa shape index (κ2) is 5.17. The van der Waals surface area contributed by atoms with Crippen molar-refractivity contribution in [2.45, 2.75) is 29.8 Å². The zero-order valence-electron chi connectivity index (χ0n) is 11.7. The molecule has 118 valence electrons. The number of benzene rings is 1. The molecule has 0 spiro atoms. The van der Waals surface area contributed by atoms with Crippen molar-refractivity contribution in [2.24, 2.45) is 0 Å². The minimum Gasteiger partial charge on any atom is -0.368 e. The summed E-state index contributed by atoms with van der Waals surface area (Å²) in [4.78, 5) is 1.29. The number of rotatable bonds is 2. The molecule has 1 aliphatic rings. The first-order valence-electron chi connectivity index (χ1n) is 6.44. The molecule has 1 saturated heterocycles. The lowest BCUT2D eigenvalue weighted by molar-refractivity contribution is -0.0436. The SMILES string of the molecule is CC1(C)CN(c2ccc(S(=O)(=O)C(F)(F)F)cc2)CCN1. The van der Waals surface area contributed by atoms with E-state index in [9.17, 15) is 21.6 Å². The third kappa shape index (κ3) is 3.32. The summed E-state index contributed by atoms with van der Waals surface area (Å²) >= 11 is 0. The van der Waals surface area contributed by atoms with Crippen molar-refractivity contribution in [3.8, 4) is 0 Å². The van der Waals surface area contributed by atoms with E-state index in [1.165, 1.54) is 12.1 Å². The van der Waals surface area contributed by atoms with E-state index in [1.807, 2.05) is 18.7 Å². The molecule has 4 nitrogen and oxygen atoms in total. The van der Waals surface area contributed by atoms with Crippen molar-refractivity contribution in [1.29, 1.82) is 0 Å². The van der Waals surface area contributed by atoms with Crippen LogP contribution < -0.4 is 10.2 Å². The maximum absolute atomic E-state index is 12.5. The lowest BCUT2D eigenvalue weighted by Crippen LogP contribution is -2.57. The van der Waals surface area contributed by atoms with Gasteiger partial charge in [-0.15, -0.1) is 0 Å². The summed E-state index contributed by atoms with van der Waals surface area (Å²) in [5.41, 5.74) is -4.66. The molecular formula is C13H17F3N2O2S. The summed E-state index contributed by atoms with van der Waals surface area (Å²) in [5.74, 6) is 0. The summed E-state index contributed by atoms with van der Waals surface area (Å²) in [6.45, 7) is 6.23. The molecule has 1 aliphatic heterocycles. The Kier molecular flexibility index (Phi) is 3.96. The van der Waals surface area contributed by atoms with E-state index < -0.39 is 20.2 Å². The highest BCUT2D eigenvalue weighted by Gasteiger charge is 2.46. The van der Waals surface area contributed by atoms with Crippen LogP contribution in [0.15, 0.2) is 29.2 Å². The minimum absolute atomic E-state index is 0.102. The number of nitrogens with one attached hydrogen (secondary N) is 1. The molecule has 8 heteroatoms. The summed E-state index contributed by atoms with van der Waals surface area (Å²) in [6, 6.07) is 4.85. The summed E-state index contributed by atoms with van der Waals surface area (Å²) in [6.07, 6.45) is 0. The number of piperazine rings is 1. The molecule has 2 rings (SSSR count). The van der Waals surface area contributed by atoms with E-state index in [1.54, 1.807) is 0 Å². The summed E-state index contributed by atoms with van der Waals surface area (Å²) in [7, 11) is -5.28. The van der Waals surface area contributed by atoms with Crippen molar-refractivity contribution in [1.82, 2.24) is 5.32 Å². The highest BCUT2D eigenvalue weighted by atomic mass is 32.2. The van der Waals surface area contributed by atoms with E-state index in [4.69, 9.17) is 0 Å². The average Bonchev–Trinajstić information content (AvgIpc) is 2.36. The molecule has 1 aromatic carbocycles. The standard InChI is InChI=1S/C13H17F3N2O2S/c1-12(2)9-18(8-7-17-12)10-3-5-11(6-4-10)21(19,20)13(14,15)16/h3-6,17H,7-9H2,1-2H3. The van der Waals surface area contributed by atoms with Gasteiger partial charge in [-0.2, -0.15) is 13.2 Å². The summed E-state index contributed by atoms with van der Waals surface area (Å²) in [5, 5.41) is 3.33. The molecule has 21 heavy (non-hydrogen) atoms. The molecule has 1 heterocycles. The predicted molar refractivity (Wildman–Crippen MR) is 74.0 cm³/mol. The van der Waals surface area contributed by atoms with Gasteiger partial charge in [0.15, 0.2) is 0 Å². The van der Waals surface area contributed by atoms with E-state index in [2.05, 4.69) is 5.32 Å². The number of hydrogen-bond acceptors (Lipinski definition) is 4. The molecule has 0 atom stereocenters. The number of halogens is 3. The van der Waals surface area contributed by atoms with Crippen LogP contribution in [0.1, 0.15) is 13.8 Å². The van der Waals surface area contributed by atoms with Crippen molar-refractivity contribution in [3.63, 3.8) is 0 Å². The van der Waals surface area contributed by atoms with Crippen LogP contribution in [0.4, 0.5) is 18.9 Å². The maximum Gasteiger partial charge on any atom is 0.501 e. The molecular weight excluding hydrogens is 305 g/mol. The quantitative estimate of drug-likeness (QED) is 0.907. The van der Waals surface area contributed by atoms with Gasteiger partial charge in [0.2, 0.25) is 0 Å². The van der Waals surface area contributed by atoms with Crippen molar-refractivity contribution in [3.05, 3.63) is 24.3 Å². The molecule has 0 unspecified atom stereocenters. The lowest BCUT2D eigenvalue weighted by Gasteiger charge is -2.40. The Labute approximate surface area is 121 Å². The highest BCUT2D eigenvalue weighted by molar-refractivity contribution is 7.92. The normalized spacial score (nSPS) is 19.6. The second-order valence-corrected chi connectivity index (χ2v) is 7.62. The third-order valence-electron chi connectivity index (χ3n) is 3.39. The minimum atomic E-state index is -5.28. The van der Waals surface area contributed by atoms with Crippen molar-refractivity contribution < 1.29 is 21.6 Å². The zero-order chi connectivity index (χ0) is 15.9. The Morgan fingerprint density at radius 2 is 1.76 bits per heavy atom. The maximum atomic E-state index is 12.5. The van der Waals surface area contributed by atoms with Crippen molar-refractivity contribution >= 4 is 15.5 Å². The first-order valence-corrected chi connectivity index (χ1v) is 7.93. The molecule has 1 aromatic rings. The highest BCUT2D eigenvalue weighted by Crippen LogP contribution is 2.31. The molecule has 0 aliphatic carbocycles. The monoisotopic (exact) mass is 322 g/mol. The van der Waals surface area contributed by atoms with Crippen LogP contribution in [0.25, 0.3) is 0 Å². The van der Waals surface area contributed by atoms with Gasteiger partial charge in [0, 0.05) is 30.9 Å². The topological polar surface area (TPSA) is 49.4 Å². The van der Waals surface area contributed by atoms with Crippen LogP contribution in [0.2, 0.25) is 0 Å². The fraction of sp³-hybridized carbons (Fsp3) is 0.538. The Balaban J connectivity index is 2.24. The van der Waals surface area contributed by atoms with Gasteiger partial charge in [0.1, 0.15) is 0 Å². The molecule has 0 amide bonds. The molecule has 0 radical (unpaired) electrons. The first-order chi connectivity index (χ1) is 9.53. The molecule has 0 saturated carbocycles.